The van der Waals surface area contributed by atoms with E-state index in [1.807, 2.05) is 12.1 Å². The fraction of sp³-hybridized carbons (Fsp3) is 0.583. The number of aliphatic carboxylic acids is 1. The third kappa shape index (κ3) is 6.07. The van der Waals surface area contributed by atoms with Gasteiger partial charge in [0.1, 0.15) is 0 Å². The molecule has 1 aromatic carbocycles. The summed E-state index contributed by atoms with van der Waals surface area (Å²) in [5.74, 6) is -2.50. The minimum Gasteiger partial charge on any atom is -0.481 e. The minimum absolute atomic E-state index is 0.0434. The van der Waals surface area contributed by atoms with Crippen molar-refractivity contribution < 1.29 is 32.7 Å². The molecule has 10 nitrogen and oxygen atoms in total. The lowest BCUT2D eigenvalue weighted by Crippen LogP contribution is -2.51. The van der Waals surface area contributed by atoms with E-state index in [2.05, 4.69) is 10.0 Å². The Kier molecular flexibility index (Phi) is 7.27. The van der Waals surface area contributed by atoms with Gasteiger partial charge in [0.2, 0.25) is 15.9 Å². The average molecular weight is 506 g/mol. The Morgan fingerprint density at radius 2 is 1.89 bits per heavy atom. The van der Waals surface area contributed by atoms with E-state index in [1.54, 1.807) is 12.1 Å². The largest absolute Gasteiger partial charge is 0.481 e. The van der Waals surface area contributed by atoms with Gasteiger partial charge >= 0.3 is 5.97 Å². The van der Waals surface area contributed by atoms with E-state index in [-0.39, 0.29) is 23.6 Å². The first kappa shape index (κ1) is 25.3. The molecule has 3 N–H and O–H groups in total. The molecule has 0 spiro atoms. The molecule has 2 fully saturated rings. The molecule has 4 rings (SSSR count). The zero-order valence-electron chi connectivity index (χ0n) is 19.5. The Balaban J connectivity index is 1.32. The lowest BCUT2D eigenvalue weighted by atomic mass is 9.87. The van der Waals surface area contributed by atoms with Gasteiger partial charge in [-0.05, 0) is 61.5 Å². The number of fused-ring (bicyclic) bond motifs is 3. The highest BCUT2D eigenvalue weighted by Crippen LogP contribution is 2.54. The minimum atomic E-state index is -3.74. The average Bonchev–Trinajstić information content (AvgIpc) is 3.38. The van der Waals surface area contributed by atoms with Gasteiger partial charge in [-0.1, -0.05) is 18.2 Å². The normalized spacial score (nSPS) is 24.2. The summed E-state index contributed by atoms with van der Waals surface area (Å²) in [6.45, 7) is -0.606. The number of carboxylic acid groups (broad SMARTS) is 1. The molecule has 3 aliphatic rings. The first-order chi connectivity index (χ1) is 16.6. The number of carbonyl (C=O) groups is 4. The highest BCUT2D eigenvalue weighted by Gasteiger charge is 2.47. The highest BCUT2D eigenvalue weighted by molar-refractivity contribution is 7.89. The number of hydrogen-bond donors (Lipinski definition) is 3. The van der Waals surface area contributed by atoms with Crippen molar-refractivity contribution in [1.29, 1.82) is 0 Å². The van der Waals surface area contributed by atoms with Crippen LogP contribution in [0.1, 0.15) is 54.4 Å². The summed E-state index contributed by atoms with van der Waals surface area (Å²) in [6.07, 6.45) is 4.58. The van der Waals surface area contributed by atoms with Crippen LogP contribution in [-0.2, 0) is 30.8 Å². The van der Waals surface area contributed by atoms with E-state index < -0.39 is 46.7 Å². The van der Waals surface area contributed by atoms with Crippen LogP contribution in [-0.4, -0.2) is 73.4 Å². The molecule has 1 aliphatic heterocycles. The van der Waals surface area contributed by atoms with Crippen molar-refractivity contribution >= 4 is 33.6 Å². The van der Waals surface area contributed by atoms with Crippen molar-refractivity contribution in [1.82, 2.24) is 14.9 Å². The van der Waals surface area contributed by atoms with E-state index >= 15 is 0 Å². The highest BCUT2D eigenvalue weighted by atomic mass is 32.2. The number of ketones is 1. The molecular formula is C24H31N3O7S. The number of Topliss-reactive ketones (excluding diaryl/α,β-unsaturated/α-hetero) is 1. The van der Waals surface area contributed by atoms with Crippen LogP contribution >= 0.6 is 0 Å². The van der Waals surface area contributed by atoms with Gasteiger partial charge in [-0.3, -0.25) is 19.2 Å². The first-order valence-electron chi connectivity index (χ1n) is 11.9. The van der Waals surface area contributed by atoms with Gasteiger partial charge in [0.15, 0.2) is 5.78 Å². The summed E-state index contributed by atoms with van der Waals surface area (Å²) >= 11 is 0. The quantitative estimate of drug-likeness (QED) is 0.401. The van der Waals surface area contributed by atoms with Gasteiger partial charge in [-0.2, -0.15) is 0 Å². The Morgan fingerprint density at radius 1 is 1.17 bits per heavy atom. The summed E-state index contributed by atoms with van der Waals surface area (Å²) in [7, 11) is -3.74. The summed E-state index contributed by atoms with van der Waals surface area (Å²) in [5, 5.41) is 11.6. The molecule has 0 radical (unpaired) electrons. The fourth-order valence-corrected chi connectivity index (χ4v) is 7.41. The van der Waals surface area contributed by atoms with E-state index in [1.165, 1.54) is 4.90 Å². The zero-order chi connectivity index (χ0) is 25.2. The second-order valence-electron chi connectivity index (χ2n) is 10.0. The number of hydrogen-bond acceptors (Lipinski definition) is 6. The second kappa shape index (κ2) is 10.1. The molecule has 2 saturated carbocycles. The smallest absolute Gasteiger partial charge is 0.305 e. The molecule has 1 atom stereocenters. The third-order valence-corrected chi connectivity index (χ3v) is 9.05. The molecule has 1 heterocycles. The van der Waals surface area contributed by atoms with Crippen molar-refractivity contribution in [3.05, 3.63) is 35.4 Å². The van der Waals surface area contributed by atoms with E-state index in [0.717, 1.165) is 37.7 Å². The van der Waals surface area contributed by atoms with Gasteiger partial charge < -0.3 is 15.3 Å². The molecule has 190 valence electrons. The first-order valence-corrected chi connectivity index (χ1v) is 13.6. The van der Waals surface area contributed by atoms with Gasteiger partial charge in [-0.15, -0.1) is 0 Å². The zero-order valence-corrected chi connectivity index (χ0v) is 20.3. The number of nitrogens with one attached hydrogen (secondary N) is 2. The van der Waals surface area contributed by atoms with Crippen LogP contribution in [0.4, 0.5) is 0 Å². The molecule has 2 bridgehead atoms. The molecule has 0 aromatic heterocycles. The van der Waals surface area contributed by atoms with Crippen LogP contribution in [0.2, 0.25) is 0 Å². The van der Waals surface area contributed by atoms with Crippen LogP contribution in [0.5, 0.6) is 0 Å². The SMILES string of the molecule is O=C(O)C[C@H](NC(=O)CN1CCc2ccccc2C1=O)C(=O)CNS(=O)(=O)CC12CCC(CC1)C2. The van der Waals surface area contributed by atoms with Crippen molar-refractivity contribution in [2.45, 2.75) is 51.0 Å². The van der Waals surface area contributed by atoms with Crippen LogP contribution in [0.3, 0.4) is 0 Å². The topological polar surface area (TPSA) is 150 Å². The third-order valence-electron chi connectivity index (χ3n) is 7.47. The maximum Gasteiger partial charge on any atom is 0.305 e. The summed E-state index contributed by atoms with van der Waals surface area (Å²) in [6, 6.07) is 5.70. The molecule has 0 unspecified atom stereocenters. The Labute approximate surface area is 204 Å². The molecule has 2 aliphatic carbocycles. The number of nitrogens with zero attached hydrogens (tertiary/aromatic N) is 1. The monoisotopic (exact) mass is 505 g/mol. The van der Waals surface area contributed by atoms with Crippen LogP contribution in [0.15, 0.2) is 24.3 Å². The molecular weight excluding hydrogens is 474 g/mol. The van der Waals surface area contributed by atoms with Gasteiger partial charge in [0.05, 0.1) is 31.3 Å². The predicted molar refractivity (Wildman–Crippen MR) is 126 cm³/mol. The van der Waals surface area contributed by atoms with E-state index in [0.29, 0.717) is 24.4 Å². The van der Waals surface area contributed by atoms with Gasteiger partial charge in [0, 0.05) is 12.1 Å². The Hall–Kier alpha value is -2.79. The summed E-state index contributed by atoms with van der Waals surface area (Å²) < 4.78 is 27.6. The lowest BCUT2D eigenvalue weighted by Gasteiger charge is -2.28. The molecule has 0 saturated heterocycles. The Morgan fingerprint density at radius 3 is 2.54 bits per heavy atom. The van der Waals surface area contributed by atoms with E-state index in [9.17, 15) is 32.7 Å². The van der Waals surface area contributed by atoms with E-state index in [4.69, 9.17) is 0 Å². The number of amides is 2. The van der Waals surface area contributed by atoms with Crippen LogP contribution in [0, 0.1) is 11.3 Å². The van der Waals surface area contributed by atoms with Crippen LogP contribution in [0.25, 0.3) is 0 Å². The summed E-state index contributed by atoms with van der Waals surface area (Å²) in [5.41, 5.74) is 1.17. The summed E-state index contributed by atoms with van der Waals surface area (Å²) in [4.78, 5) is 50.6. The molecule has 35 heavy (non-hydrogen) atoms. The van der Waals surface area contributed by atoms with Crippen molar-refractivity contribution in [2.24, 2.45) is 11.3 Å². The van der Waals surface area contributed by atoms with Crippen molar-refractivity contribution in [3.8, 4) is 0 Å². The maximum atomic E-state index is 12.7. The molecule has 1 aromatic rings. The predicted octanol–water partition coefficient (Wildman–Crippen LogP) is 0.713. The standard InChI is InChI=1S/C24H31N3O7S/c28-20(13-25-35(33,34)15-24-8-5-16(12-24)6-9-24)19(11-22(30)31)26-21(29)14-27-10-7-17-3-1-2-4-18(17)23(27)32/h1-4,16,19,25H,5-15H2,(H,26,29)(H,30,31)/t16?,19-,24?/m0/s1. The van der Waals surface area contributed by atoms with Crippen molar-refractivity contribution in [2.75, 3.05) is 25.4 Å². The number of rotatable bonds is 11. The lowest BCUT2D eigenvalue weighted by molar-refractivity contribution is -0.140. The number of benzene rings is 1. The Bertz CT molecular complexity index is 1130. The van der Waals surface area contributed by atoms with Gasteiger partial charge in [0.25, 0.3) is 5.91 Å². The van der Waals surface area contributed by atoms with Crippen LogP contribution < -0.4 is 10.0 Å². The molecule has 2 amide bonds. The van der Waals surface area contributed by atoms with Crippen molar-refractivity contribution in [3.63, 3.8) is 0 Å². The molecule has 11 heteroatoms. The second-order valence-corrected chi connectivity index (χ2v) is 11.9. The number of sulfonamides is 1. The van der Waals surface area contributed by atoms with Gasteiger partial charge in [-0.25, -0.2) is 13.1 Å². The fourth-order valence-electron chi connectivity index (χ4n) is 5.73. The maximum absolute atomic E-state index is 12.7. The number of carboxylic acids is 1. The number of carbonyl (C=O) groups excluding carboxylic acids is 3.